The molecule has 0 aromatic heterocycles. The topological polar surface area (TPSA) is 9.23 Å². The van der Waals surface area contributed by atoms with Crippen LogP contribution in [0, 0.1) is 5.92 Å². The minimum Gasteiger partial charge on any atom is -0.489 e. The molecule has 0 aliphatic heterocycles. The van der Waals surface area contributed by atoms with Crippen LogP contribution in [0.15, 0.2) is 54.6 Å². The third-order valence-electron chi connectivity index (χ3n) is 3.89. The van der Waals surface area contributed by atoms with Gasteiger partial charge < -0.3 is 4.74 Å². The SMILES string of the molecule is ICC(c1cccc(OCc2ccccc2)c1)C1CC1. The Kier molecular flexibility index (Phi) is 4.61. The molecule has 0 spiro atoms. The number of hydrogen-bond donors (Lipinski definition) is 0. The van der Waals surface area contributed by atoms with Gasteiger partial charge in [-0.2, -0.15) is 0 Å². The smallest absolute Gasteiger partial charge is 0.120 e. The molecule has 2 aromatic rings. The van der Waals surface area contributed by atoms with Gasteiger partial charge in [-0.1, -0.05) is 65.1 Å². The van der Waals surface area contributed by atoms with Gasteiger partial charge in [-0.3, -0.25) is 0 Å². The molecule has 104 valence electrons. The Balaban J connectivity index is 1.68. The molecule has 0 bridgehead atoms. The van der Waals surface area contributed by atoms with E-state index in [1.54, 1.807) is 0 Å². The Bertz CT molecular complexity index is 548. The maximum Gasteiger partial charge on any atom is 0.120 e. The van der Waals surface area contributed by atoms with Crippen LogP contribution in [-0.2, 0) is 6.61 Å². The number of halogens is 1. The first-order valence-electron chi connectivity index (χ1n) is 7.19. The molecule has 0 N–H and O–H groups in total. The summed E-state index contributed by atoms with van der Waals surface area (Å²) in [5.74, 6) is 2.59. The molecule has 3 rings (SSSR count). The molecule has 0 amide bonds. The van der Waals surface area contributed by atoms with Crippen LogP contribution in [0.3, 0.4) is 0 Å². The van der Waals surface area contributed by atoms with Crippen molar-refractivity contribution in [3.05, 3.63) is 65.7 Å². The zero-order valence-electron chi connectivity index (χ0n) is 11.5. The fraction of sp³-hybridized carbons (Fsp3) is 0.333. The lowest BCUT2D eigenvalue weighted by atomic mass is 9.96. The molecule has 1 aliphatic rings. The van der Waals surface area contributed by atoms with E-state index in [1.807, 2.05) is 18.2 Å². The summed E-state index contributed by atoms with van der Waals surface area (Å²) in [5.41, 5.74) is 2.65. The summed E-state index contributed by atoms with van der Waals surface area (Å²) >= 11 is 2.51. The number of rotatable bonds is 6. The van der Waals surface area contributed by atoms with Crippen LogP contribution in [0.4, 0.5) is 0 Å². The fourth-order valence-electron chi connectivity index (χ4n) is 2.56. The van der Waals surface area contributed by atoms with Gasteiger partial charge in [0.2, 0.25) is 0 Å². The van der Waals surface area contributed by atoms with E-state index in [4.69, 9.17) is 4.74 Å². The second kappa shape index (κ2) is 6.61. The van der Waals surface area contributed by atoms with Crippen molar-refractivity contribution >= 4 is 22.6 Å². The average molecular weight is 378 g/mol. The molecule has 0 saturated heterocycles. The van der Waals surface area contributed by atoms with E-state index in [9.17, 15) is 0 Å². The molecule has 1 saturated carbocycles. The van der Waals surface area contributed by atoms with E-state index in [0.29, 0.717) is 12.5 Å². The summed E-state index contributed by atoms with van der Waals surface area (Å²) in [6.45, 7) is 0.641. The van der Waals surface area contributed by atoms with Gasteiger partial charge in [0.25, 0.3) is 0 Å². The molecule has 2 heteroatoms. The first kappa shape index (κ1) is 13.9. The summed E-state index contributed by atoms with van der Waals surface area (Å²) in [6.07, 6.45) is 2.78. The van der Waals surface area contributed by atoms with Crippen molar-refractivity contribution in [3.8, 4) is 5.75 Å². The summed E-state index contributed by atoms with van der Waals surface area (Å²) in [5, 5.41) is 0. The fourth-order valence-corrected chi connectivity index (χ4v) is 3.79. The summed E-state index contributed by atoms with van der Waals surface area (Å²) in [7, 11) is 0. The van der Waals surface area contributed by atoms with Gasteiger partial charge in [-0.05, 0) is 47.9 Å². The van der Waals surface area contributed by atoms with Gasteiger partial charge in [0.05, 0.1) is 0 Å². The number of alkyl halides is 1. The molecule has 1 nitrogen and oxygen atoms in total. The highest BCUT2D eigenvalue weighted by molar-refractivity contribution is 14.1. The number of hydrogen-bond acceptors (Lipinski definition) is 1. The lowest BCUT2D eigenvalue weighted by Crippen LogP contribution is -2.03. The Morgan fingerprint density at radius 1 is 1.05 bits per heavy atom. The molecule has 2 aromatic carbocycles. The zero-order chi connectivity index (χ0) is 13.8. The van der Waals surface area contributed by atoms with E-state index in [1.165, 1.54) is 28.4 Å². The number of benzene rings is 2. The second-order valence-electron chi connectivity index (χ2n) is 5.44. The molecule has 1 unspecified atom stereocenters. The lowest BCUT2D eigenvalue weighted by Gasteiger charge is -2.15. The predicted octanol–water partition coefficient (Wildman–Crippen LogP) is 5.19. The highest BCUT2D eigenvalue weighted by Crippen LogP contribution is 2.44. The van der Waals surface area contributed by atoms with Crippen molar-refractivity contribution in [2.45, 2.75) is 25.4 Å². The van der Waals surface area contributed by atoms with Crippen LogP contribution >= 0.6 is 22.6 Å². The first-order chi connectivity index (χ1) is 9.86. The van der Waals surface area contributed by atoms with Gasteiger partial charge in [0.1, 0.15) is 12.4 Å². The van der Waals surface area contributed by atoms with Crippen molar-refractivity contribution < 1.29 is 4.74 Å². The monoisotopic (exact) mass is 378 g/mol. The van der Waals surface area contributed by atoms with Crippen molar-refractivity contribution in [2.24, 2.45) is 5.92 Å². The Morgan fingerprint density at radius 2 is 1.85 bits per heavy atom. The molecule has 1 fully saturated rings. The molecule has 0 radical (unpaired) electrons. The Hall–Kier alpha value is -1.03. The van der Waals surface area contributed by atoms with E-state index in [2.05, 4.69) is 59.0 Å². The average Bonchev–Trinajstić information content (AvgIpc) is 3.32. The maximum absolute atomic E-state index is 5.93. The molecule has 1 atom stereocenters. The highest BCUT2D eigenvalue weighted by atomic mass is 127. The van der Waals surface area contributed by atoms with E-state index in [-0.39, 0.29) is 0 Å². The third-order valence-corrected chi connectivity index (χ3v) is 4.84. The molecular formula is C18H19IO. The summed E-state index contributed by atoms with van der Waals surface area (Å²) in [6, 6.07) is 19.0. The quantitative estimate of drug-likeness (QED) is 0.496. The van der Waals surface area contributed by atoms with Crippen molar-refractivity contribution in [1.29, 1.82) is 0 Å². The molecule has 0 heterocycles. The minimum absolute atomic E-state index is 0.641. The van der Waals surface area contributed by atoms with Crippen LogP contribution in [0.1, 0.15) is 29.9 Å². The van der Waals surface area contributed by atoms with Crippen LogP contribution in [-0.4, -0.2) is 4.43 Å². The van der Waals surface area contributed by atoms with Gasteiger partial charge in [0, 0.05) is 4.43 Å². The predicted molar refractivity (Wildman–Crippen MR) is 91.6 cm³/mol. The molecule has 1 aliphatic carbocycles. The lowest BCUT2D eigenvalue weighted by molar-refractivity contribution is 0.305. The largest absolute Gasteiger partial charge is 0.489 e. The van der Waals surface area contributed by atoms with Crippen molar-refractivity contribution in [1.82, 2.24) is 0 Å². The standard InChI is InChI=1S/C18H19IO/c19-12-18(15-9-10-15)16-7-4-8-17(11-16)20-13-14-5-2-1-3-6-14/h1-8,11,15,18H,9-10,12-13H2. The van der Waals surface area contributed by atoms with E-state index in [0.717, 1.165) is 11.7 Å². The first-order valence-corrected chi connectivity index (χ1v) is 8.72. The second-order valence-corrected chi connectivity index (χ2v) is 6.33. The van der Waals surface area contributed by atoms with E-state index < -0.39 is 0 Å². The Labute approximate surface area is 134 Å². The zero-order valence-corrected chi connectivity index (χ0v) is 13.6. The summed E-state index contributed by atoms with van der Waals surface area (Å²) < 4.78 is 7.12. The van der Waals surface area contributed by atoms with Crippen LogP contribution < -0.4 is 4.74 Å². The summed E-state index contributed by atoms with van der Waals surface area (Å²) in [4.78, 5) is 0. The van der Waals surface area contributed by atoms with Gasteiger partial charge >= 0.3 is 0 Å². The van der Waals surface area contributed by atoms with E-state index >= 15 is 0 Å². The molecule has 20 heavy (non-hydrogen) atoms. The minimum atomic E-state index is 0.641. The van der Waals surface area contributed by atoms with Crippen LogP contribution in [0.2, 0.25) is 0 Å². The number of ether oxygens (including phenoxy) is 1. The van der Waals surface area contributed by atoms with Gasteiger partial charge in [0.15, 0.2) is 0 Å². The highest BCUT2D eigenvalue weighted by Gasteiger charge is 2.31. The third kappa shape index (κ3) is 3.54. The van der Waals surface area contributed by atoms with Gasteiger partial charge in [-0.15, -0.1) is 0 Å². The normalized spacial score (nSPS) is 15.8. The van der Waals surface area contributed by atoms with Crippen molar-refractivity contribution in [3.63, 3.8) is 0 Å². The Morgan fingerprint density at radius 3 is 2.55 bits per heavy atom. The van der Waals surface area contributed by atoms with Gasteiger partial charge in [-0.25, -0.2) is 0 Å². The van der Waals surface area contributed by atoms with Crippen molar-refractivity contribution in [2.75, 3.05) is 4.43 Å². The maximum atomic E-state index is 5.93. The van der Waals surface area contributed by atoms with Crippen LogP contribution in [0.25, 0.3) is 0 Å². The molecular weight excluding hydrogens is 359 g/mol. The van der Waals surface area contributed by atoms with Crippen LogP contribution in [0.5, 0.6) is 5.75 Å².